The van der Waals surface area contributed by atoms with E-state index in [0.717, 1.165) is 11.1 Å². The van der Waals surface area contributed by atoms with Crippen LogP contribution in [0.2, 0.25) is 0 Å². The summed E-state index contributed by atoms with van der Waals surface area (Å²) in [5, 5.41) is 7.90. The van der Waals surface area contributed by atoms with Crippen LogP contribution in [0, 0.1) is 0 Å². The fraction of sp³-hybridized carbons (Fsp3) is 0.304. The highest BCUT2D eigenvalue weighted by Gasteiger charge is 2.05. The summed E-state index contributed by atoms with van der Waals surface area (Å²) in [7, 11) is 0. The van der Waals surface area contributed by atoms with Gasteiger partial charge in [0.25, 0.3) is 0 Å². The summed E-state index contributed by atoms with van der Waals surface area (Å²) >= 11 is 0. The molecule has 8 nitrogen and oxygen atoms in total. The zero-order chi connectivity index (χ0) is 22.3. The lowest BCUT2D eigenvalue weighted by Crippen LogP contribution is -2.20. The highest BCUT2D eigenvalue weighted by molar-refractivity contribution is 5.86. The smallest absolute Gasteiger partial charge is 0.240 e. The van der Waals surface area contributed by atoms with E-state index in [2.05, 4.69) is 21.1 Å². The number of carbonyl (C=O) groups excluding carboxylic acids is 2. The third-order valence-corrected chi connectivity index (χ3v) is 4.03. The third kappa shape index (κ3) is 8.69. The Bertz CT molecular complexity index is 838. The first-order valence-electron chi connectivity index (χ1n) is 10.2. The lowest BCUT2D eigenvalue weighted by molar-refractivity contribution is -0.122. The first-order valence-corrected chi connectivity index (χ1v) is 10.2. The quantitative estimate of drug-likeness (QED) is 0.403. The van der Waals surface area contributed by atoms with Gasteiger partial charge in [-0.15, -0.1) is 0 Å². The highest BCUT2D eigenvalue weighted by Crippen LogP contribution is 2.16. The topological polar surface area (TPSA) is 101 Å². The molecule has 31 heavy (non-hydrogen) atoms. The molecule has 0 radical (unpaired) electrons. The first kappa shape index (κ1) is 23.6. The van der Waals surface area contributed by atoms with Crippen molar-refractivity contribution in [3.8, 4) is 11.5 Å². The van der Waals surface area contributed by atoms with Gasteiger partial charge in [-0.1, -0.05) is 24.3 Å². The summed E-state index contributed by atoms with van der Waals surface area (Å²) < 4.78 is 11.0. The van der Waals surface area contributed by atoms with Gasteiger partial charge in [-0.05, 0) is 44.5 Å². The maximum atomic E-state index is 11.9. The Morgan fingerprint density at radius 1 is 0.774 bits per heavy atom. The third-order valence-electron chi connectivity index (χ3n) is 4.03. The van der Waals surface area contributed by atoms with E-state index in [0.29, 0.717) is 31.1 Å². The van der Waals surface area contributed by atoms with E-state index >= 15 is 0 Å². The summed E-state index contributed by atoms with van der Waals surface area (Å²) in [5.74, 6) is 0.854. The maximum absolute atomic E-state index is 11.9. The van der Waals surface area contributed by atoms with Crippen LogP contribution in [0.3, 0.4) is 0 Å². The molecule has 0 saturated carbocycles. The van der Waals surface area contributed by atoms with Crippen LogP contribution in [0.4, 0.5) is 0 Å². The first-order chi connectivity index (χ1) is 15.1. The molecule has 8 heteroatoms. The van der Waals surface area contributed by atoms with Gasteiger partial charge in [0.1, 0.15) is 11.5 Å². The molecular weight excluding hydrogens is 396 g/mol. The number of hydrazone groups is 2. The van der Waals surface area contributed by atoms with Crippen molar-refractivity contribution in [1.29, 1.82) is 0 Å². The van der Waals surface area contributed by atoms with E-state index in [1.54, 1.807) is 0 Å². The minimum absolute atomic E-state index is 0.175. The number of ether oxygens (including phenoxy) is 2. The standard InChI is InChI=1S/C23H28N4O4/c1-3-30-20-12-7-5-10-18(20)16-24-26-22(28)14-9-15-23(29)27-25-17-19-11-6-8-13-21(19)31-4-2/h5-8,10-13,16-17H,3-4,9,14-15H2,1-2H3,(H,26,28)(H,27,29)/b24-16-,25-17+. The minimum atomic E-state index is -0.271. The molecule has 2 aromatic rings. The van der Waals surface area contributed by atoms with Crippen molar-refractivity contribution in [2.45, 2.75) is 33.1 Å². The van der Waals surface area contributed by atoms with Crippen molar-refractivity contribution in [3.63, 3.8) is 0 Å². The monoisotopic (exact) mass is 424 g/mol. The normalized spacial score (nSPS) is 10.9. The van der Waals surface area contributed by atoms with Crippen LogP contribution in [-0.4, -0.2) is 37.5 Å². The number of hydrogen-bond acceptors (Lipinski definition) is 6. The molecule has 2 rings (SSSR count). The van der Waals surface area contributed by atoms with E-state index in [4.69, 9.17) is 9.47 Å². The second-order valence-electron chi connectivity index (χ2n) is 6.38. The van der Waals surface area contributed by atoms with Gasteiger partial charge in [0.15, 0.2) is 0 Å². The van der Waals surface area contributed by atoms with Crippen molar-refractivity contribution in [2.75, 3.05) is 13.2 Å². The molecule has 2 N–H and O–H groups in total. The summed E-state index contributed by atoms with van der Waals surface area (Å²) in [6.45, 7) is 4.89. The molecule has 0 atom stereocenters. The number of benzene rings is 2. The number of nitrogens with one attached hydrogen (secondary N) is 2. The Hall–Kier alpha value is -3.68. The summed E-state index contributed by atoms with van der Waals surface area (Å²) in [6.07, 6.45) is 3.80. The molecule has 164 valence electrons. The Morgan fingerprint density at radius 3 is 1.61 bits per heavy atom. The SMILES string of the molecule is CCOc1ccccc1/C=N\NC(=O)CCCC(=O)N/N=C/c1ccccc1OCC. The zero-order valence-corrected chi connectivity index (χ0v) is 17.8. The Kier molecular flexibility index (Phi) is 10.3. The van der Waals surface area contributed by atoms with Crippen LogP contribution in [-0.2, 0) is 9.59 Å². The van der Waals surface area contributed by atoms with Crippen LogP contribution >= 0.6 is 0 Å². The van der Waals surface area contributed by atoms with Crippen LogP contribution in [0.15, 0.2) is 58.7 Å². The lowest BCUT2D eigenvalue weighted by atomic mass is 10.2. The summed E-state index contributed by atoms with van der Waals surface area (Å²) in [5.41, 5.74) is 6.46. The average Bonchev–Trinajstić information content (AvgIpc) is 2.76. The number of hydrogen-bond donors (Lipinski definition) is 2. The highest BCUT2D eigenvalue weighted by atomic mass is 16.5. The Balaban J connectivity index is 1.70. The fourth-order valence-corrected chi connectivity index (χ4v) is 2.62. The molecule has 0 spiro atoms. The molecule has 0 aromatic heterocycles. The van der Waals surface area contributed by atoms with Gasteiger partial charge in [0.05, 0.1) is 25.6 Å². The largest absolute Gasteiger partial charge is 0.493 e. The zero-order valence-electron chi connectivity index (χ0n) is 17.8. The number of rotatable bonds is 12. The van der Waals surface area contributed by atoms with E-state index in [9.17, 15) is 9.59 Å². The molecule has 0 unspecified atom stereocenters. The number of para-hydroxylation sites is 2. The van der Waals surface area contributed by atoms with Crippen LogP contribution in [0.5, 0.6) is 11.5 Å². The van der Waals surface area contributed by atoms with Gasteiger partial charge in [-0.3, -0.25) is 9.59 Å². The molecule has 2 amide bonds. The van der Waals surface area contributed by atoms with Crippen molar-refractivity contribution in [1.82, 2.24) is 10.9 Å². The maximum Gasteiger partial charge on any atom is 0.240 e. The van der Waals surface area contributed by atoms with Crippen molar-refractivity contribution in [2.24, 2.45) is 10.2 Å². The van der Waals surface area contributed by atoms with Crippen molar-refractivity contribution in [3.05, 3.63) is 59.7 Å². The van der Waals surface area contributed by atoms with Gasteiger partial charge >= 0.3 is 0 Å². The Labute approximate surface area is 182 Å². The molecule has 0 bridgehead atoms. The second-order valence-corrected chi connectivity index (χ2v) is 6.38. The molecular formula is C23H28N4O4. The minimum Gasteiger partial charge on any atom is -0.493 e. The fourth-order valence-electron chi connectivity index (χ4n) is 2.62. The summed E-state index contributed by atoms with van der Waals surface area (Å²) in [6, 6.07) is 14.8. The molecule has 0 aliphatic heterocycles. The van der Waals surface area contributed by atoms with Gasteiger partial charge in [0, 0.05) is 24.0 Å². The number of amides is 2. The lowest BCUT2D eigenvalue weighted by Gasteiger charge is -2.06. The predicted molar refractivity (Wildman–Crippen MR) is 121 cm³/mol. The molecule has 0 heterocycles. The van der Waals surface area contributed by atoms with Gasteiger partial charge in [-0.25, -0.2) is 10.9 Å². The average molecular weight is 425 g/mol. The van der Waals surface area contributed by atoms with Gasteiger partial charge < -0.3 is 9.47 Å². The van der Waals surface area contributed by atoms with Crippen LogP contribution in [0.1, 0.15) is 44.2 Å². The second kappa shape index (κ2) is 13.5. The predicted octanol–water partition coefficient (Wildman–Crippen LogP) is 3.25. The van der Waals surface area contributed by atoms with Gasteiger partial charge in [0.2, 0.25) is 11.8 Å². The Morgan fingerprint density at radius 2 is 1.19 bits per heavy atom. The van der Waals surface area contributed by atoms with E-state index in [-0.39, 0.29) is 24.7 Å². The molecule has 0 fully saturated rings. The molecule has 0 aliphatic carbocycles. The van der Waals surface area contributed by atoms with Crippen molar-refractivity contribution >= 4 is 24.2 Å². The molecule has 0 saturated heterocycles. The molecule has 0 aliphatic rings. The number of nitrogens with zero attached hydrogens (tertiary/aromatic N) is 2. The van der Waals surface area contributed by atoms with Gasteiger partial charge in [-0.2, -0.15) is 10.2 Å². The van der Waals surface area contributed by atoms with E-state index in [1.807, 2.05) is 62.4 Å². The molecule has 2 aromatic carbocycles. The summed E-state index contributed by atoms with van der Waals surface area (Å²) in [4.78, 5) is 23.8. The van der Waals surface area contributed by atoms with E-state index in [1.165, 1.54) is 12.4 Å². The number of carbonyl (C=O) groups is 2. The van der Waals surface area contributed by atoms with Crippen molar-refractivity contribution < 1.29 is 19.1 Å². The van der Waals surface area contributed by atoms with Crippen LogP contribution in [0.25, 0.3) is 0 Å². The van der Waals surface area contributed by atoms with Crippen LogP contribution < -0.4 is 20.3 Å². The van der Waals surface area contributed by atoms with E-state index < -0.39 is 0 Å².